The molecule has 2 aromatic carbocycles. The number of rotatable bonds is 5. The molecule has 0 aliphatic rings. The van der Waals surface area contributed by atoms with Crippen molar-refractivity contribution in [2.24, 2.45) is 0 Å². The Morgan fingerprint density at radius 2 is 1.79 bits per heavy atom. The number of hydrogen-bond donors (Lipinski definition) is 2. The van der Waals surface area contributed by atoms with E-state index in [1.165, 1.54) is 5.56 Å². The van der Waals surface area contributed by atoms with E-state index in [1.807, 2.05) is 49.4 Å². The minimum atomic E-state index is 0.615. The minimum Gasteiger partial charge on any atom is -0.354 e. The van der Waals surface area contributed by atoms with Crippen LogP contribution in [0.5, 0.6) is 0 Å². The fourth-order valence-corrected chi connectivity index (χ4v) is 2.96. The summed E-state index contributed by atoms with van der Waals surface area (Å²) < 4.78 is 1.01. The van der Waals surface area contributed by atoms with Gasteiger partial charge >= 0.3 is 0 Å². The van der Waals surface area contributed by atoms with Gasteiger partial charge in [0.1, 0.15) is 5.82 Å². The van der Waals surface area contributed by atoms with Crippen LogP contribution in [0.4, 0.5) is 17.5 Å². The highest BCUT2D eigenvalue weighted by Gasteiger charge is 2.08. The van der Waals surface area contributed by atoms with Crippen molar-refractivity contribution in [2.75, 3.05) is 17.2 Å². The number of nitrogens with one attached hydrogen (secondary N) is 2. The molecule has 2 N–H and O–H groups in total. The fourth-order valence-electron chi connectivity index (χ4n) is 2.36. The normalized spacial score (nSPS) is 10.5. The summed E-state index contributed by atoms with van der Waals surface area (Å²) >= 11 is 3.60. The highest BCUT2D eigenvalue weighted by Crippen LogP contribution is 2.28. The first-order valence-electron chi connectivity index (χ1n) is 7.87. The van der Waals surface area contributed by atoms with Crippen LogP contribution in [0, 0.1) is 6.92 Å². The van der Waals surface area contributed by atoms with E-state index in [2.05, 4.69) is 55.6 Å². The Morgan fingerprint density at radius 1 is 1.00 bits per heavy atom. The first-order chi connectivity index (χ1) is 11.7. The Balaban J connectivity index is 1.99. The van der Waals surface area contributed by atoms with Crippen LogP contribution in [0.2, 0.25) is 0 Å². The SMILES string of the molecule is CCNc1nc(Nc2ccc(C)cc2Br)cc(-c2ccccc2)n1. The zero-order valence-corrected chi connectivity index (χ0v) is 15.3. The van der Waals surface area contributed by atoms with E-state index in [0.29, 0.717) is 5.95 Å². The largest absolute Gasteiger partial charge is 0.354 e. The topological polar surface area (TPSA) is 49.8 Å². The molecule has 0 bridgehead atoms. The smallest absolute Gasteiger partial charge is 0.225 e. The molecule has 0 unspecified atom stereocenters. The van der Waals surface area contributed by atoms with Gasteiger partial charge in [-0.25, -0.2) is 4.98 Å². The van der Waals surface area contributed by atoms with Crippen molar-refractivity contribution in [3.05, 3.63) is 64.6 Å². The highest BCUT2D eigenvalue weighted by atomic mass is 79.9. The average molecular weight is 383 g/mol. The van der Waals surface area contributed by atoms with Gasteiger partial charge in [0.25, 0.3) is 0 Å². The van der Waals surface area contributed by atoms with Crippen molar-refractivity contribution in [1.82, 2.24) is 9.97 Å². The van der Waals surface area contributed by atoms with Gasteiger partial charge < -0.3 is 10.6 Å². The first kappa shape index (κ1) is 16.5. The van der Waals surface area contributed by atoms with Crippen LogP contribution in [0.1, 0.15) is 12.5 Å². The molecular weight excluding hydrogens is 364 g/mol. The van der Waals surface area contributed by atoms with Gasteiger partial charge in [0.15, 0.2) is 0 Å². The third-order valence-electron chi connectivity index (χ3n) is 3.52. The second-order valence-electron chi connectivity index (χ2n) is 5.47. The van der Waals surface area contributed by atoms with Gasteiger partial charge in [0.2, 0.25) is 5.95 Å². The van der Waals surface area contributed by atoms with Crippen LogP contribution in [-0.4, -0.2) is 16.5 Å². The molecule has 0 aliphatic carbocycles. The highest BCUT2D eigenvalue weighted by molar-refractivity contribution is 9.10. The molecule has 0 saturated heterocycles. The first-order valence-corrected chi connectivity index (χ1v) is 8.66. The number of aryl methyl sites for hydroxylation is 1. The van der Waals surface area contributed by atoms with Gasteiger partial charge in [-0.2, -0.15) is 4.98 Å². The summed E-state index contributed by atoms with van der Waals surface area (Å²) in [5.41, 5.74) is 4.12. The van der Waals surface area contributed by atoms with Gasteiger partial charge in [-0.15, -0.1) is 0 Å². The Bertz CT molecular complexity index is 834. The number of aromatic nitrogens is 2. The molecule has 0 aliphatic heterocycles. The van der Waals surface area contributed by atoms with Gasteiger partial charge in [-0.05, 0) is 47.5 Å². The third-order valence-corrected chi connectivity index (χ3v) is 4.17. The van der Waals surface area contributed by atoms with Crippen molar-refractivity contribution < 1.29 is 0 Å². The number of anilines is 3. The molecule has 0 spiro atoms. The van der Waals surface area contributed by atoms with Crippen molar-refractivity contribution >= 4 is 33.4 Å². The standard InChI is InChI=1S/C19H19BrN4/c1-3-21-19-23-17(14-7-5-4-6-8-14)12-18(24-19)22-16-10-9-13(2)11-15(16)20/h4-12H,3H2,1-2H3,(H2,21,22,23,24). The van der Waals surface area contributed by atoms with Crippen LogP contribution in [0.25, 0.3) is 11.3 Å². The van der Waals surface area contributed by atoms with Crippen molar-refractivity contribution in [3.63, 3.8) is 0 Å². The Kier molecular flexibility index (Phi) is 5.11. The molecule has 0 radical (unpaired) electrons. The van der Waals surface area contributed by atoms with Crippen LogP contribution in [-0.2, 0) is 0 Å². The molecular formula is C19H19BrN4. The van der Waals surface area contributed by atoms with Crippen molar-refractivity contribution in [2.45, 2.75) is 13.8 Å². The van der Waals surface area contributed by atoms with Crippen LogP contribution in [0.15, 0.2) is 59.1 Å². The maximum atomic E-state index is 4.60. The zero-order valence-electron chi connectivity index (χ0n) is 13.7. The summed E-state index contributed by atoms with van der Waals surface area (Å²) in [4.78, 5) is 9.15. The van der Waals surface area contributed by atoms with Gasteiger partial charge in [-0.3, -0.25) is 0 Å². The summed E-state index contributed by atoms with van der Waals surface area (Å²) in [5.74, 6) is 1.37. The van der Waals surface area contributed by atoms with E-state index >= 15 is 0 Å². The zero-order chi connectivity index (χ0) is 16.9. The van der Waals surface area contributed by atoms with E-state index in [-0.39, 0.29) is 0 Å². The number of halogens is 1. The number of hydrogen-bond acceptors (Lipinski definition) is 4. The predicted molar refractivity (Wildman–Crippen MR) is 104 cm³/mol. The minimum absolute atomic E-state index is 0.615. The number of benzene rings is 2. The average Bonchev–Trinajstić information content (AvgIpc) is 2.58. The molecule has 0 amide bonds. The van der Waals surface area contributed by atoms with E-state index < -0.39 is 0 Å². The second kappa shape index (κ2) is 7.45. The van der Waals surface area contributed by atoms with Crippen molar-refractivity contribution in [3.8, 4) is 11.3 Å². The molecule has 3 aromatic rings. The second-order valence-corrected chi connectivity index (χ2v) is 6.32. The van der Waals surface area contributed by atoms with E-state index in [0.717, 1.165) is 33.8 Å². The Labute approximate surface area is 150 Å². The molecule has 0 saturated carbocycles. The maximum Gasteiger partial charge on any atom is 0.225 e. The summed E-state index contributed by atoms with van der Waals surface area (Å²) in [6, 6.07) is 18.2. The van der Waals surface area contributed by atoms with E-state index in [9.17, 15) is 0 Å². The molecule has 5 heteroatoms. The summed E-state index contributed by atoms with van der Waals surface area (Å²) in [5, 5.41) is 6.56. The summed E-state index contributed by atoms with van der Waals surface area (Å²) in [7, 11) is 0. The lowest BCUT2D eigenvalue weighted by atomic mass is 10.1. The number of nitrogens with zero attached hydrogens (tertiary/aromatic N) is 2. The molecule has 0 atom stereocenters. The van der Waals surface area contributed by atoms with Crippen LogP contribution in [0.3, 0.4) is 0 Å². The summed E-state index contributed by atoms with van der Waals surface area (Å²) in [6.45, 7) is 4.87. The van der Waals surface area contributed by atoms with Crippen LogP contribution >= 0.6 is 15.9 Å². The summed E-state index contributed by atoms with van der Waals surface area (Å²) in [6.07, 6.45) is 0. The maximum absolute atomic E-state index is 4.60. The van der Waals surface area contributed by atoms with E-state index in [1.54, 1.807) is 0 Å². The lowest BCUT2D eigenvalue weighted by Crippen LogP contribution is -2.05. The lowest BCUT2D eigenvalue weighted by molar-refractivity contribution is 1.09. The Hall–Kier alpha value is -2.40. The third kappa shape index (κ3) is 3.92. The molecule has 4 nitrogen and oxygen atoms in total. The molecule has 0 fully saturated rings. The molecule has 24 heavy (non-hydrogen) atoms. The van der Waals surface area contributed by atoms with Crippen molar-refractivity contribution in [1.29, 1.82) is 0 Å². The molecule has 3 rings (SSSR count). The lowest BCUT2D eigenvalue weighted by Gasteiger charge is -2.12. The quantitative estimate of drug-likeness (QED) is 0.620. The van der Waals surface area contributed by atoms with E-state index in [4.69, 9.17) is 0 Å². The molecule has 122 valence electrons. The molecule has 1 aromatic heterocycles. The monoisotopic (exact) mass is 382 g/mol. The molecule has 1 heterocycles. The Morgan fingerprint density at radius 3 is 2.50 bits per heavy atom. The fraction of sp³-hybridized carbons (Fsp3) is 0.158. The van der Waals surface area contributed by atoms with Gasteiger partial charge in [-0.1, -0.05) is 36.4 Å². The van der Waals surface area contributed by atoms with Crippen LogP contribution < -0.4 is 10.6 Å². The van der Waals surface area contributed by atoms with Gasteiger partial charge in [0, 0.05) is 22.6 Å². The predicted octanol–water partition coefficient (Wildman–Crippen LogP) is 5.39. The van der Waals surface area contributed by atoms with Gasteiger partial charge in [0.05, 0.1) is 11.4 Å².